The van der Waals surface area contributed by atoms with Crippen LogP contribution in [0.2, 0.25) is 0 Å². The summed E-state index contributed by atoms with van der Waals surface area (Å²) in [5.41, 5.74) is 6.17. The van der Waals surface area contributed by atoms with Gasteiger partial charge in [-0.1, -0.05) is 26.7 Å². The number of aryl methyl sites for hydroxylation is 5. The number of hydrogen-bond donors (Lipinski definition) is 0. The fraction of sp³-hybridized carbons (Fsp3) is 0.429. The Morgan fingerprint density at radius 1 is 0.844 bits per heavy atom. The molecule has 0 saturated heterocycles. The van der Waals surface area contributed by atoms with E-state index >= 15 is 0 Å². The van der Waals surface area contributed by atoms with Gasteiger partial charge in [0.15, 0.2) is 0 Å². The van der Waals surface area contributed by atoms with Crippen LogP contribution in [0.15, 0.2) is 42.7 Å². The van der Waals surface area contributed by atoms with Crippen molar-refractivity contribution in [1.29, 1.82) is 0 Å². The van der Waals surface area contributed by atoms with Crippen molar-refractivity contribution in [2.75, 3.05) is 0 Å². The van der Waals surface area contributed by atoms with Gasteiger partial charge in [0.2, 0.25) is 0 Å². The Morgan fingerprint density at radius 2 is 1.53 bits per heavy atom. The number of aromatic nitrogens is 2. The summed E-state index contributed by atoms with van der Waals surface area (Å²) in [6.07, 6.45) is 13.3. The van der Waals surface area contributed by atoms with Gasteiger partial charge in [-0.2, -0.15) is 0 Å². The molecule has 1 aliphatic rings. The van der Waals surface area contributed by atoms with E-state index < -0.39 is 0 Å². The zero-order chi connectivity index (χ0) is 22.7. The molecule has 0 aliphatic carbocycles. The molecule has 2 nitrogen and oxygen atoms in total. The molecule has 3 heterocycles. The van der Waals surface area contributed by atoms with Gasteiger partial charge in [0, 0.05) is 42.3 Å². The summed E-state index contributed by atoms with van der Waals surface area (Å²) in [6.45, 7) is 5.45. The topological polar surface area (TPSA) is 9.86 Å². The largest absolute Gasteiger partial charge is 0.350 e. The van der Waals surface area contributed by atoms with Crippen molar-refractivity contribution < 1.29 is 8.78 Å². The molecule has 0 fully saturated rings. The summed E-state index contributed by atoms with van der Waals surface area (Å²) in [6, 6.07) is 8.43. The number of halogens is 2. The SMILES string of the molecule is CCCCc1cn(C)c2ccc(F)cc12.CCCCc1cn2c3c(cc(F)cc13)CCC2. The molecular formula is C28H34F2N2. The first-order valence-electron chi connectivity index (χ1n) is 12.0. The standard InChI is InChI=1S/C15H18FN.C13H16FN/c1-2-3-5-12-10-17-7-4-6-11-8-13(16)9-14(12)15(11)17;1-3-4-5-10-9-15(2)13-7-6-11(14)8-12(10)13/h8-10H,2-7H2,1H3;6-9H,3-5H2,1-2H3. The predicted octanol–water partition coefficient (Wildman–Crippen LogP) is 7.73. The van der Waals surface area contributed by atoms with Crippen molar-refractivity contribution in [2.45, 2.75) is 71.8 Å². The molecule has 0 unspecified atom stereocenters. The molecule has 0 amide bonds. The van der Waals surface area contributed by atoms with E-state index in [9.17, 15) is 8.78 Å². The third kappa shape index (κ3) is 4.60. The second kappa shape index (κ2) is 9.89. The van der Waals surface area contributed by atoms with Crippen molar-refractivity contribution >= 4 is 21.8 Å². The first-order valence-corrected chi connectivity index (χ1v) is 12.0. The van der Waals surface area contributed by atoms with Crippen molar-refractivity contribution in [3.63, 3.8) is 0 Å². The van der Waals surface area contributed by atoms with Gasteiger partial charge in [-0.25, -0.2) is 8.78 Å². The highest BCUT2D eigenvalue weighted by Gasteiger charge is 2.17. The van der Waals surface area contributed by atoms with Crippen molar-refractivity contribution in [3.8, 4) is 0 Å². The van der Waals surface area contributed by atoms with E-state index in [1.807, 2.05) is 13.1 Å². The first-order chi connectivity index (χ1) is 15.5. The van der Waals surface area contributed by atoms with Gasteiger partial charge in [0.1, 0.15) is 11.6 Å². The highest BCUT2D eigenvalue weighted by molar-refractivity contribution is 5.87. The molecule has 0 spiro atoms. The Labute approximate surface area is 189 Å². The number of benzene rings is 2. The Kier molecular flexibility index (Phi) is 6.98. The molecular weight excluding hydrogens is 402 g/mol. The number of fused-ring (bicyclic) bond motifs is 1. The van der Waals surface area contributed by atoms with Gasteiger partial charge in [-0.15, -0.1) is 0 Å². The van der Waals surface area contributed by atoms with Crippen LogP contribution in [0.5, 0.6) is 0 Å². The molecule has 0 radical (unpaired) electrons. The molecule has 5 rings (SSSR count). The van der Waals surface area contributed by atoms with E-state index in [1.54, 1.807) is 18.2 Å². The number of nitrogens with zero attached hydrogens (tertiary/aromatic N) is 2. The minimum Gasteiger partial charge on any atom is -0.350 e. The predicted molar refractivity (Wildman–Crippen MR) is 130 cm³/mol. The summed E-state index contributed by atoms with van der Waals surface area (Å²) < 4.78 is 31.1. The van der Waals surface area contributed by atoms with Gasteiger partial charge in [0.05, 0.1) is 5.52 Å². The Bertz CT molecular complexity index is 1220. The lowest BCUT2D eigenvalue weighted by Gasteiger charge is -2.15. The van der Waals surface area contributed by atoms with Gasteiger partial charge < -0.3 is 9.13 Å². The molecule has 2 aromatic heterocycles. The second-order valence-electron chi connectivity index (χ2n) is 9.05. The van der Waals surface area contributed by atoms with Crippen molar-refractivity contribution in [3.05, 3.63) is 71.1 Å². The molecule has 2 aromatic carbocycles. The highest BCUT2D eigenvalue weighted by Crippen LogP contribution is 2.31. The van der Waals surface area contributed by atoms with Gasteiger partial charge in [0.25, 0.3) is 0 Å². The summed E-state index contributed by atoms with van der Waals surface area (Å²) in [5.74, 6) is -0.226. The van der Waals surface area contributed by atoms with Crippen LogP contribution < -0.4 is 0 Å². The lowest BCUT2D eigenvalue weighted by Crippen LogP contribution is -2.06. The summed E-state index contributed by atoms with van der Waals surface area (Å²) in [5, 5.41) is 2.21. The van der Waals surface area contributed by atoms with Crippen LogP contribution in [0.4, 0.5) is 8.78 Å². The molecule has 0 bridgehead atoms. The summed E-state index contributed by atoms with van der Waals surface area (Å²) >= 11 is 0. The van der Waals surface area contributed by atoms with E-state index in [1.165, 1.54) is 47.5 Å². The summed E-state index contributed by atoms with van der Waals surface area (Å²) in [7, 11) is 2.01. The van der Waals surface area contributed by atoms with Gasteiger partial charge in [-0.05, 0) is 85.5 Å². The van der Waals surface area contributed by atoms with Crippen LogP contribution in [0.25, 0.3) is 21.8 Å². The van der Waals surface area contributed by atoms with Crippen LogP contribution in [0, 0.1) is 11.6 Å². The zero-order valence-corrected chi connectivity index (χ0v) is 19.6. The van der Waals surface area contributed by atoms with E-state index in [4.69, 9.17) is 0 Å². The van der Waals surface area contributed by atoms with Crippen LogP contribution in [0.3, 0.4) is 0 Å². The smallest absolute Gasteiger partial charge is 0.124 e. The molecule has 170 valence electrons. The lowest BCUT2D eigenvalue weighted by atomic mass is 10.0. The molecule has 4 heteroatoms. The fourth-order valence-corrected chi connectivity index (χ4v) is 4.95. The van der Waals surface area contributed by atoms with E-state index in [2.05, 4.69) is 35.4 Å². The Balaban J connectivity index is 0.000000155. The van der Waals surface area contributed by atoms with Crippen LogP contribution in [-0.4, -0.2) is 9.13 Å². The average molecular weight is 437 g/mol. The van der Waals surface area contributed by atoms with Crippen LogP contribution in [0.1, 0.15) is 62.6 Å². The quantitative estimate of drug-likeness (QED) is 0.293. The molecule has 4 aromatic rings. The molecule has 0 N–H and O–H groups in total. The molecule has 32 heavy (non-hydrogen) atoms. The van der Waals surface area contributed by atoms with Crippen molar-refractivity contribution in [2.24, 2.45) is 7.05 Å². The van der Waals surface area contributed by atoms with Crippen LogP contribution in [-0.2, 0) is 32.9 Å². The third-order valence-corrected chi connectivity index (χ3v) is 6.58. The minimum atomic E-state index is -0.147. The first kappa shape index (κ1) is 22.6. The average Bonchev–Trinajstić information content (AvgIpc) is 3.29. The maximum absolute atomic E-state index is 13.6. The monoisotopic (exact) mass is 436 g/mol. The zero-order valence-electron chi connectivity index (χ0n) is 19.6. The second-order valence-corrected chi connectivity index (χ2v) is 9.05. The number of unbranched alkanes of at least 4 members (excludes halogenated alkanes) is 2. The highest BCUT2D eigenvalue weighted by atomic mass is 19.1. The minimum absolute atomic E-state index is 0.0788. The molecule has 1 aliphatic heterocycles. The summed E-state index contributed by atoms with van der Waals surface area (Å²) in [4.78, 5) is 0. The third-order valence-electron chi connectivity index (χ3n) is 6.58. The van der Waals surface area contributed by atoms with Gasteiger partial charge in [-0.3, -0.25) is 0 Å². The normalized spacial score (nSPS) is 12.9. The Morgan fingerprint density at radius 3 is 2.25 bits per heavy atom. The fourth-order valence-electron chi connectivity index (χ4n) is 4.95. The molecule has 0 atom stereocenters. The van der Waals surface area contributed by atoms with Gasteiger partial charge >= 0.3 is 0 Å². The number of rotatable bonds is 6. The lowest BCUT2D eigenvalue weighted by molar-refractivity contribution is 0.610. The molecule has 0 saturated carbocycles. The maximum Gasteiger partial charge on any atom is 0.124 e. The van der Waals surface area contributed by atoms with E-state index in [0.717, 1.165) is 54.9 Å². The number of hydrogen-bond acceptors (Lipinski definition) is 0. The van der Waals surface area contributed by atoms with Crippen molar-refractivity contribution in [1.82, 2.24) is 9.13 Å². The maximum atomic E-state index is 13.6. The van der Waals surface area contributed by atoms with Crippen LogP contribution >= 0.6 is 0 Å². The van der Waals surface area contributed by atoms with E-state index in [-0.39, 0.29) is 11.6 Å². The van der Waals surface area contributed by atoms with E-state index in [0.29, 0.717) is 0 Å². The Hall–Kier alpha value is -2.62.